The topological polar surface area (TPSA) is 40.7 Å². The first-order valence-corrected chi connectivity index (χ1v) is 6.21. The number of nitrogens with zero attached hydrogens (tertiary/aromatic N) is 1. The third-order valence-corrected chi connectivity index (χ3v) is 2.90. The van der Waals surface area contributed by atoms with Gasteiger partial charge in [0, 0.05) is 12.7 Å². The minimum absolute atomic E-state index is 0.541. The van der Waals surface area contributed by atoms with Gasteiger partial charge in [0.2, 0.25) is 0 Å². The summed E-state index contributed by atoms with van der Waals surface area (Å²) in [6.07, 6.45) is 2.85. The molecule has 17 heavy (non-hydrogen) atoms. The van der Waals surface area contributed by atoms with Gasteiger partial charge in [-0.1, -0.05) is 30.1 Å². The van der Waals surface area contributed by atoms with E-state index in [4.69, 9.17) is 23.2 Å². The number of hydrogen-bond donors (Lipinski definition) is 2. The molecule has 0 saturated carbocycles. The molecule has 2 aromatic heterocycles. The van der Waals surface area contributed by atoms with Crippen LogP contribution in [0.3, 0.4) is 0 Å². The minimum Gasteiger partial charge on any atom is -0.369 e. The number of pyridine rings is 1. The van der Waals surface area contributed by atoms with Crippen molar-refractivity contribution in [1.82, 2.24) is 9.97 Å². The molecule has 90 valence electrons. The second-order valence-electron chi connectivity index (χ2n) is 3.66. The molecule has 0 unspecified atom stereocenters. The summed E-state index contributed by atoms with van der Waals surface area (Å²) < 4.78 is 0. The Bertz CT molecular complexity index is 495. The fraction of sp³-hybridized carbons (Fsp3) is 0.250. The summed E-state index contributed by atoms with van der Waals surface area (Å²) in [5.41, 5.74) is 1.59. The van der Waals surface area contributed by atoms with E-state index in [1.165, 1.54) is 0 Å². The van der Waals surface area contributed by atoms with E-state index in [1.807, 2.05) is 18.3 Å². The molecule has 0 radical (unpaired) electrons. The van der Waals surface area contributed by atoms with Gasteiger partial charge < -0.3 is 10.3 Å². The van der Waals surface area contributed by atoms with Gasteiger partial charge in [0.1, 0.15) is 11.5 Å². The Hall–Kier alpha value is -1.19. The molecule has 2 rings (SSSR count). The maximum absolute atomic E-state index is 6.13. The van der Waals surface area contributed by atoms with Gasteiger partial charge in [-0.25, -0.2) is 4.98 Å². The molecule has 0 spiro atoms. The summed E-state index contributed by atoms with van der Waals surface area (Å²) in [5, 5.41) is 4.26. The van der Waals surface area contributed by atoms with Crippen molar-refractivity contribution in [3.63, 3.8) is 0 Å². The lowest BCUT2D eigenvalue weighted by Gasteiger charge is -2.09. The van der Waals surface area contributed by atoms with Gasteiger partial charge in [-0.3, -0.25) is 0 Å². The molecular formula is C12H13Cl2N3. The van der Waals surface area contributed by atoms with Crippen LogP contribution >= 0.6 is 23.2 Å². The van der Waals surface area contributed by atoms with E-state index in [-0.39, 0.29) is 0 Å². The SMILES string of the molecule is CCCNc1nc(-c2ccc[nH]2)c(Cl)cc1Cl. The lowest BCUT2D eigenvalue weighted by Crippen LogP contribution is -2.03. The molecule has 0 saturated heterocycles. The van der Waals surface area contributed by atoms with Crippen molar-refractivity contribution in [2.45, 2.75) is 13.3 Å². The number of aromatic nitrogens is 2. The van der Waals surface area contributed by atoms with Crippen LogP contribution in [0.2, 0.25) is 10.0 Å². The summed E-state index contributed by atoms with van der Waals surface area (Å²) in [4.78, 5) is 7.52. The normalized spacial score (nSPS) is 10.5. The Morgan fingerprint density at radius 1 is 1.35 bits per heavy atom. The zero-order valence-corrected chi connectivity index (χ0v) is 10.9. The molecule has 0 fully saturated rings. The summed E-state index contributed by atoms with van der Waals surface area (Å²) in [5.74, 6) is 0.669. The monoisotopic (exact) mass is 269 g/mol. The maximum Gasteiger partial charge on any atom is 0.145 e. The number of nitrogens with one attached hydrogen (secondary N) is 2. The Labute approximate surface area is 110 Å². The van der Waals surface area contributed by atoms with Crippen molar-refractivity contribution in [2.75, 3.05) is 11.9 Å². The molecular weight excluding hydrogens is 257 g/mol. The van der Waals surface area contributed by atoms with Crippen molar-refractivity contribution in [1.29, 1.82) is 0 Å². The lowest BCUT2D eigenvalue weighted by molar-refractivity contribution is 0.969. The number of hydrogen-bond acceptors (Lipinski definition) is 2. The fourth-order valence-corrected chi connectivity index (χ4v) is 2.03. The minimum atomic E-state index is 0.541. The number of H-pyrrole nitrogens is 1. The Morgan fingerprint density at radius 2 is 2.18 bits per heavy atom. The number of rotatable bonds is 4. The van der Waals surface area contributed by atoms with Gasteiger partial charge in [-0.15, -0.1) is 0 Å². The molecule has 0 aliphatic carbocycles. The van der Waals surface area contributed by atoms with E-state index >= 15 is 0 Å². The highest BCUT2D eigenvalue weighted by atomic mass is 35.5. The van der Waals surface area contributed by atoms with Crippen LogP contribution < -0.4 is 5.32 Å². The van der Waals surface area contributed by atoms with Crippen molar-refractivity contribution in [2.24, 2.45) is 0 Å². The standard InChI is InChI=1S/C12H13Cl2N3/c1-2-5-16-12-9(14)7-8(13)11(17-12)10-4-3-6-15-10/h3-4,6-7,15H,2,5H2,1H3,(H,16,17). The van der Waals surface area contributed by atoms with Crippen LogP contribution in [-0.4, -0.2) is 16.5 Å². The Kier molecular flexibility index (Phi) is 3.92. The summed E-state index contributed by atoms with van der Waals surface area (Å²) >= 11 is 12.2. The van der Waals surface area contributed by atoms with Crippen molar-refractivity contribution >= 4 is 29.0 Å². The molecule has 0 atom stereocenters. The third-order valence-electron chi connectivity index (χ3n) is 2.33. The first-order valence-electron chi connectivity index (χ1n) is 5.46. The Balaban J connectivity index is 2.39. The van der Waals surface area contributed by atoms with E-state index in [2.05, 4.69) is 22.2 Å². The van der Waals surface area contributed by atoms with E-state index in [0.29, 0.717) is 21.6 Å². The highest BCUT2D eigenvalue weighted by Gasteiger charge is 2.11. The fourth-order valence-electron chi connectivity index (χ4n) is 1.50. The molecule has 0 amide bonds. The third kappa shape index (κ3) is 2.73. The highest BCUT2D eigenvalue weighted by molar-refractivity contribution is 6.37. The van der Waals surface area contributed by atoms with E-state index in [0.717, 1.165) is 18.7 Å². The first kappa shape index (κ1) is 12.3. The van der Waals surface area contributed by atoms with Crippen LogP contribution in [0.15, 0.2) is 24.4 Å². The molecule has 2 N–H and O–H groups in total. The molecule has 5 heteroatoms. The average Bonchev–Trinajstić information content (AvgIpc) is 2.81. The molecule has 0 aliphatic rings. The van der Waals surface area contributed by atoms with Crippen LogP contribution in [0, 0.1) is 0 Å². The van der Waals surface area contributed by atoms with Gasteiger partial charge >= 0.3 is 0 Å². The quantitative estimate of drug-likeness (QED) is 0.873. The molecule has 0 aromatic carbocycles. The van der Waals surface area contributed by atoms with Crippen LogP contribution in [0.1, 0.15) is 13.3 Å². The van der Waals surface area contributed by atoms with Gasteiger partial charge in [0.15, 0.2) is 0 Å². The highest BCUT2D eigenvalue weighted by Crippen LogP contribution is 2.31. The van der Waals surface area contributed by atoms with Gasteiger partial charge in [-0.05, 0) is 24.6 Å². The van der Waals surface area contributed by atoms with Crippen LogP contribution in [0.4, 0.5) is 5.82 Å². The zero-order chi connectivity index (χ0) is 12.3. The van der Waals surface area contributed by atoms with E-state index in [9.17, 15) is 0 Å². The van der Waals surface area contributed by atoms with Crippen LogP contribution in [0.25, 0.3) is 11.4 Å². The van der Waals surface area contributed by atoms with Gasteiger partial charge in [0.25, 0.3) is 0 Å². The van der Waals surface area contributed by atoms with Crippen molar-refractivity contribution in [3.05, 3.63) is 34.4 Å². The van der Waals surface area contributed by atoms with Crippen molar-refractivity contribution in [3.8, 4) is 11.4 Å². The summed E-state index contributed by atoms with van der Waals surface area (Å²) in [6, 6.07) is 5.54. The molecule has 2 heterocycles. The molecule has 3 nitrogen and oxygen atoms in total. The van der Waals surface area contributed by atoms with Crippen LogP contribution in [0.5, 0.6) is 0 Å². The first-order chi connectivity index (χ1) is 8.22. The second kappa shape index (κ2) is 5.43. The molecule has 0 aliphatic heterocycles. The second-order valence-corrected chi connectivity index (χ2v) is 4.47. The van der Waals surface area contributed by atoms with E-state index < -0.39 is 0 Å². The number of anilines is 1. The molecule has 0 bridgehead atoms. The molecule has 2 aromatic rings. The largest absolute Gasteiger partial charge is 0.369 e. The lowest BCUT2D eigenvalue weighted by atomic mass is 10.2. The van der Waals surface area contributed by atoms with Gasteiger partial charge in [-0.2, -0.15) is 0 Å². The smallest absolute Gasteiger partial charge is 0.145 e. The van der Waals surface area contributed by atoms with E-state index in [1.54, 1.807) is 6.07 Å². The zero-order valence-electron chi connectivity index (χ0n) is 9.43. The predicted octanol–water partition coefficient (Wildman–Crippen LogP) is 4.21. The Morgan fingerprint density at radius 3 is 2.82 bits per heavy atom. The van der Waals surface area contributed by atoms with Gasteiger partial charge in [0.05, 0.1) is 15.7 Å². The average molecular weight is 270 g/mol. The predicted molar refractivity (Wildman–Crippen MR) is 72.8 cm³/mol. The summed E-state index contributed by atoms with van der Waals surface area (Å²) in [7, 11) is 0. The summed E-state index contributed by atoms with van der Waals surface area (Å²) in [6.45, 7) is 2.92. The van der Waals surface area contributed by atoms with Crippen LogP contribution in [-0.2, 0) is 0 Å². The van der Waals surface area contributed by atoms with Crippen molar-refractivity contribution < 1.29 is 0 Å². The maximum atomic E-state index is 6.13. The number of halogens is 2. The number of aromatic amines is 1.